The number of unbranched alkanes of at least 4 members (excludes halogenated alkanes) is 1. The lowest BCUT2D eigenvalue weighted by atomic mass is 10.2. The molecule has 8 nitrogen and oxygen atoms in total. The number of carboxylic acid groups (broad SMARTS) is 1. The summed E-state index contributed by atoms with van der Waals surface area (Å²) < 4.78 is 0. The van der Waals surface area contributed by atoms with Gasteiger partial charge in [0, 0.05) is 26.0 Å². The first-order valence-corrected chi connectivity index (χ1v) is 5.63. The van der Waals surface area contributed by atoms with Crippen LogP contribution in [0, 0.1) is 0 Å². The summed E-state index contributed by atoms with van der Waals surface area (Å²) in [4.78, 5) is 32.4. The molecule has 1 atom stereocenters. The van der Waals surface area contributed by atoms with Gasteiger partial charge < -0.3 is 26.6 Å². The van der Waals surface area contributed by atoms with Gasteiger partial charge in [-0.2, -0.15) is 0 Å². The van der Waals surface area contributed by atoms with Crippen LogP contribution in [0.3, 0.4) is 0 Å². The standard InChI is InChI=1S/C10H19N3O5/c11-8(15)3-1-2-5-12-10(18)13-7(4-6-14)9(16)17/h7,14H,1-6H2,(H2,11,15)(H,16,17)(H2,12,13,18)/t7-/m1/s1. The highest BCUT2D eigenvalue weighted by atomic mass is 16.4. The van der Waals surface area contributed by atoms with Crippen molar-refractivity contribution < 1.29 is 24.6 Å². The van der Waals surface area contributed by atoms with Crippen molar-refractivity contribution in [3.8, 4) is 0 Å². The molecule has 0 heterocycles. The van der Waals surface area contributed by atoms with Gasteiger partial charge in [0.15, 0.2) is 0 Å². The third-order valence-electron chi connectivity index (χ3n) is 2.16. The number of hydrogen-bond donors (Lipinski definition) is 5. The van der Waals surface area contributed by atoms with E-state index < -0.39 is 23.9 Å². The maximum absolute atomic E-state index is 11.3. The number of nitrogens with two attached hydrogens (primary N) is 1. The molecule has 104 valence electrons. The van der Waals surface area contributed by atoms with E-state index in [9.17, 15) is 14.4 Å². The van der Waals surface area contributed by atoms with Crippen LogP contribution in [0.1, 0.15) is 25.7 Å². The quantitative estimate of drug-likeness (QED) is 0.331. The normalized spacial score (nSPS) is 11.6. The van der Waals surface area contributed by atoms with Gasteiger partial charge in [0.2, 0.25) is 5.91 Å². The minimum absolute atomic E-state index is 0.0512. The third-order valence-corrected chi connectivity index (χ3v) is 2.16. The van der Waals surface area contributed by atoms with Crippen molar-refractivity contribution in [3.63, 3.8) is 0 Å². The summed E-state index contributed by atoms with van der Waals surface area (Å²) in [6.07, 6.45) is 1.35. The molecule has 0 radical (unpaired) electrons. The fourth-order valence-corrected chi connectivity index (χ4v) is 1.22. The molecule has 6 N–H and O–H groups in total. The molecule has 8 heteroatoms. The van der Waals surface area contributed by atoms with Gasteiger partial charge in [0.1, 0.15) is 6.04 Å². The minimum atomic E-state index is -1.20. The van der Waals surface area contributed by atoms with Gasteiger partial charge >= 0.3 is 12.0 Å². The van der Waals surface area contributed by atoms with Crippen molar-refractivity contribution in [2.45, 2.75) is 31.7 Å². The number of urea groups is 1. The number of amides is 3. The largest absolute Gasteiger partial charge is 0.480 e. The number of nitrogens with one attached hydrogen (secondary N) is 2. The molecule has 0 aromatic carbocycles. The monoisotopic (exact) mass is 261 g/mol. The average molecular weight is 261 g/mol. The van der Waals surface area contributed by atoms with Crippen molar-refractivity contribution >= 4 is 17.9 Å². The van der Waals surface area contributed by atoms with Gasteiger partial charge in [-0.1, -0.05) is 0 Å². The van der Waals surface area contributed by atoms with Crippen LogP contribution < -0.4 is 16.4 Å². The molecule has 3 amide bonds. The zero-order valence-corrected chi connectivity index (χ0v) is 10.0. The topological polar surface area (TPSA) is 142 Å². The van der Waals surface area contributed by atoms with Crippen LogP contribution in [0.25, 0.3) is 0 Å². The fraction of sp³-hybridized carbons (Fsp3) is 0.700. The molecule has 0 aromatic rings. The number of hydrogen-bond acceptors (Lipinski definition) is 4. The maximum atomic E-state index is 11.3. The zero-order chi connectivity index (χ0) is 14.0. The highest BCUT2D eigenvalue weighted by Crippen LogP contribution is 1.93. The molecule has 0 aromatic heterocycles. The Balaban J connectivity index is 3.74. The summed E-state index contributed by atoms with van der Waals surface area (Å²) in [7, 11) is 0. The summed E-state index contributed by atoms with van der Waals surface area (Å²) in [5.41, 5.74) is 4.94. The van der Waals surface area contributed by atoms with Gasteiger partial charge in [0.05, 0.1) is 0 Å². The molecule has 0 aliphatic rings. The Morgan fingerprint density at radius 1 is 1.22 bits per heavy atom. The van der Waals surface area contributed by atoms with Crippen molar-refractivity contribution in [2.75, 3.05) is 13.2 Å². The molecule has 0 aliphatic carbocycles. The molecule has 0 spiro atoms. The van der Waals surface area contributed by atoms with E-state index in [2.05, 4.69) is 10.6 Å². The molecule has 0 rings (SSSR count). The van der Waals surface area contributed by atoms with Gasteiger partial charge in [-0.15, -0.1) is 0 Å². The van der Waals surface area contributed by atoms with Gasteiger partial charge in [0.25, 0.3) is 0 Å². The van der Waals surface area contributed by atoms with Crippen molar-refractivity contribution in [3.05, 3.63) is 0 Å². The highest BCUT2D eigenvalue weighted by Gasteiger charge is 2.18. The van der Waals surface area contributed by atoms with E-state index >= 15 is 0 Å². The van der Waals surface area contributed by atoms with Crippen molar-refractivity contribution in [2.24, 2.45) is 5.73 Å². The Morgan fingerprint density at radius 2 is 1.89 bits per heavy atom. The second-order valence-corrected chi connectivity index (χ2v) is 3.73. The Labute approximate surface area is 105 Å². The molecule has 0 unspecified atom stereocenters. The van der Waals surface area contributed by atoms with E-state index in [0.29, 0.717) is 19.4 Å². The Hall–Kier alpha value is -1.83. The number of primary amides is 1. The summed E-state index contributed by atoms with van der Waals surface area (Å²) in [6, 6.07) is -1.73. The van der Waals surface area contributed by atoms with E-state index in [1.807, 2.05) is 0 Å². The van der Waals surface area contributed by atoms with Gasteiger partial charge in [-0.25, -0.2) is 9.59 Å². The fourth-order valence-electron chi connectivity index (χ4n) is 1.22. The predicted molar refractivity (Wildman–Crippen MR) is 62.7 cm³/mol. The summed E-state index contributed by atoms with van der Waals surface area (Å²) in [5, 5.41) is 22.0. The summed E-state index contributed by atoms with van der Waals surface area (Å²) >= 11 is 0. The number of aliphatic hydroxyl groups excluding tert-OH is 1. The van der Waals surface area contributed by atoms with E-state index in [1.54, 1.807) is 0 Å². The number of aliphatic carboxylic acids is 1. The molecule has 0 saturated carbocycles. The van der Waals surface area contributed by atoms with Crippen LogP contribution in [0.4, 0.5) is 4.79 Å². The first kappa shape index (κ1) is 16.2. The SMILES string of the molecule is NC(=O)CCCCNC(=O)N[C@H](CCO)C(=O)O. The van der Waals surface area contributed by atoms with Crippen LogP contribution in [0.5, 0.6) is 0 Å². The predicted octanol–water partition coefficient (Wildman–Crippen LogP) is -1.22. The lowest BCUT2D eigenvalue weighted by Gasteiger charge is -2.13. The first-order valence-electron chi connectivity index (χ1n) is 5.63. The Morgan fingerprint density at radius 3 is 2.39 bits per heavy atom. The van der Waals surface area contributed by atoms with Crippen molar-refractivity contribution in [1.29, 1.82) is 0 Å². The van der Waals surface area contributed by atoms with Crippen LogP contribution >= 0.6 is 0 Å². The van der Waals surface area contributed by atoms with Crippen LogP contribution in [-0.2, 0) is 9.59 Å². The number of carboxylic acids is 1. The van der Waals surface area contributed by atoms with Crippen LogP contribution in [-0.4, -0.2) is 47.3 Å². The average Bonchev–Trinajstić information content (AvgIpc) is 2.27. The van der Waals surface area contributed by atoms with E-state index in [-0.39, 0.29) is 19.4 Å². The maximum Gasteiger partial charge on any atom is 0.326 e. The molecule has 18 heavy (non-hydrogen) atoms. The third kappa shape index (κ3) is 8.34. The first-order chi connectivity index (χ1) is 8.47. The lowest BCUT2D eigenvalue weighted by molar-refractivity contribution is -0.139. The molecular formula is C10H19N3O5. The number of aliphatic hydroxyl groups is 1. The van der Waals surface area contributed by atoms with Crippen LogP contribution in [0.2, 0.25) is 0 Å². The molecule has 0 fully saturated rings. The second-order valence-electron chi connectivity index (χ2n) is 3.73. The summed E-state index contributed by atoms with van der Waals surface area (Å²) in [6.45, 7) is 0.000432. The number of carbonyl (C=O) groups excluding carboxylic acids is 2. The molecule has 0 bridgehead atoms. The minimum Gasteiger partial charge on any atom is -0.480 e. The Kier molecular flexibility index (Phi) is 8.29. The van der Waals surface area contributed by atoms with E-state index in [4.69, 9.17) is 15.9 Å². The van der Waals surface area contributed by atoms with Crippen molar-refractivity contribution in [1.82, 2.24) is 10.6 Å². The smallest absolute Gasteiger partial charge is 0.326 e. The summed E-state index contributed by atoms with van der Waals surface area (Å²) in [5.74, 6) is -1.60. The zero-order valence-electron chi connectivity index (χ0n) is 10.0. The Bertz CT molecular complexity index is 295. The second kappa shape index (κ2) is 9.23. The van der Waals surface area contributed by atoms with Gasteiger partial charge in [-0.3, -0.25) is 4.79 Å². The van der Waals surface area contributed by atoms with E-state index in [0.717, 1.165) is 0 Å². The lowest BCUT2D eigenvalue weighted by Crippen LogP contribution is -2.46. The number of carbonyl (C=O) groups is 3. The van der Waals surface area contributed by atoms with Gasteiger partial charge in [-0.05, 0) is 12.8 Å². The van der Waals surface area contributed by atoms with E-state index in [1.165, 1.54) is 0 Å². The van der Waals surface area contributed by atoms with Crippen LogP contribution in [0.15, 0.2) is 0 Å². The molecule has 0 saturated heterocycles. The number of rotatable bonds is 9. The molecular weight excluding hydrogens is 242 g/mol. The highest BCUT2D eigenvalue weighted by molar-refractivity contribution is 5.82. The molecule has 0 aliphatic heterocycles.